The highest BCUT2D eigenvalue weighted by Crippen LogP contribution is 2.23. The first-order valence-electron chi connectivity index (χ1n) is 8.38. The van der Waals surface area contributed by atoms with Crippen LogP contribution in [0.2, 0.25) is 20.1 Å². The fourth-order valence-corrected chi connectivity index (χ4v) is 3.31. The van der Waals surface area contributed by atoms with Gasteiger partial charge in [0.2, 0.25) is 0 Å². The summed E-state index contributed by atoms with van der Waals surface area (Å²) in [6, 6.07) is 16.9. The topological polar surface area (TPSA) is 50.7 Å². The minimum absolute atomic E-state index is 0.282. The Hall–Kier alpha value is -2.24. The van der Waals surface area contributed by atoms with Crippen LogP contribution in [0.25, 0.3) is 0 Å². The van der Waals surface area contributed by atoms with Crippen LogP contribution in [0.3, 0.4) is 0 Å². The van der Waals surface area contributed by atoms with Crippen LogP contribution in [-0.2, 0) is 6.61 Å². The lowest BCUT2D eigenvalue weighted by Gasteiger charge is -2.08. The summed E-state index contributed by atoms with van der Waals surface area (Å²) in [5.74, 6) is 0.218. The van der Waals surface area contributed by atoms with Gasteiger partial charge in [-0.15, -0.1) is 0 Å². The Kier molecular flexibility index (Phi) is 7.40. The van der Waals surface area contributed by atoms with Crippen molar-refractivity contribution < 1.29 is 9.53 Å². The quantitative estimate of drug-likeness (QED) is 0.326. The van der Waals surface area contributed by atoms with Crippen LogP contribution in [0.1, 0.15) is 21.5 Å². The van der Waals surface area contributed by atoms with Crippen molar-refractivity contribution in [3.8, 4) is 5.75 Å². The number of ether oxygens (including phenoxy) is 1. The highest BCUT2D eigenvalue weighted by Gasteiger charge is 2.07. The average Bonchev–Trinajstić information content (AvgIpc) is 2.70. The first kappa shape index (κ1) is 21.5. The molecule has 0 spiro atoms. The van der Waals surface area contributed by atoms with Gasteiger partial charge in [0.25, 0.3) is 5.91 Å². The maximum Gasteiger partial charge on any atom is 0.271 e. The Bertz CT molecular complexity index is 1030. The highest BCUT2D eigenvalue weighted by atomic mass is 35.5. The van der Waals surface area contributed by atoms with E-state index in [1.165, 1.54) is 6.21 Å². The van der Waals surface area contributed by atoms with Gasteiger partial charge < -0.3 is 4.74 Å². The molecule has 1 N–H and O–H groups in total. The standard InChI is InChI=1S/C21H14Cl4N2O2/c22-15-7-4-14(20(25)10-15)12-29-16-8-5-13(6-9-16)21(28)27-26-11-17-18(23)2-1-3-19(17)24/h1-11H,12H2,(H,27,28)/b26-11+. The van der Waals surface area contributed by atoms with Crippen molar-refractivity contribution in [3.05, 3.63) is 97.4 Å². The Balaban J connectivity index is 1.58. The summed E-state index contributed by atoms with van der Waals surface area (Å²) in [7, 11) is 0. The third-order valence-electron chi connectivity index (χ3n) is 3.89. The highest BCUT2D eigenvalue weighted by molar-refractivity contribution is 6.38. The van der Waals surface area contributed by atoms with E-state index < -0.39 is 0 Å². The monoisotopic (exact) mass is 466 g/mol. The van der Waals surface area contributed by atoms with Crippen molar-refractivity contribution in [2.24, 2.45) is 5.10 Å². The molecule has 1 amide bonds. The molecule has 3 aromatic carbocycles. The molecule has 0 aromatic heterocycles. The summed E-state index contributed by atoms with van der Waals surface area (Å²) < 4.78 is 5.69. The molecular formula is C21H14Cl4N2O2. The normalized spacial score (nSPS) is 10.9. The molecule has 3 rings (SSSR count). The second-order valence-corrected chi connectivity index (χ2v) is 7.54. The van der Waals surface area contributed by atoms with Crippen molar-refractivity contribution in [1.29, 1.82) is 0 Å². The van der Waals surface area contributed by atoms with E-state index in [1.807, 2.05) is 0 Å². The van der Waals surface area contributed by atoms with Gasteiger partial charge in [-0.2, -0.15) is 5.10 Å². The molecule has 0 aliphatic rings. The SMILES string of the molecule is O=C(N/N=C/c1c(Cl)cccc1Cl)c1ccc(OCc2ccc(Cl)cc2Cl)cc1. The zero-order valence-electron chi connectivity index (χ0n) is 14.8. The lowest BCUT2D eigenvalue weighted by atomic mass is 10.2. The van der Waals surface area contributed by atoms with Gasteiger partial charge in [-0.3, -0.25) is 4.79 Å². The molecule has 0 bridgehead atoms. The number of benzene rings is 3. The predicted octanol–water partition coefficient (Wildman–Crippen LogP) is 6.64. The average molecular weight is 468 g/mol. The molecule has 0 saturated heterocycles. The lowest BCUT2D eigenvalue weighted by Crippen LogP contribution is -2.17. The number of nitrogens with zero attached hydrogens (tertiary/aromatic N) is 1. The molecule has 148 valence electrons. The van der Waals surface area contributed by atoms with Gasteiger partial charge in [-0.05, 0) is 48.5 Å². The molecule has 0 radical (unpaired) electrons. The minimum atomic E-state index is -0.378. The van der Waals surface area contributed by atoms with Crippen LogP contribution in [0.4, 0.5) is 0 Å². The zero-order valence-corrected chi connectivity index (χ0v) is 17.9. The summed E-state index contributed by atoms with van der Waals surface area (Å²) in [4.78, 5) is 12.2. The summed E-state index contributed by atoms with van der Waals surface area (Å²) in [5, 5.41) is 5.89. The van der Waals surface area contributed by atoms with Crippen LogP contribution in [0, 0.1) is 0 Å². The van der Waals surface area contributed by atoms with Crippen molar-refractivity contribution in [2.45, 2.75) is 6.61 Å². The second-order valence-electron chi connectivity index (χ2n) is 5.88. The van der Waals surface area contributed by atoms with Gasteiger partial charge in [-0.25, -0.2) is 5.43 Å². The van der Waals surface area contributed by atoms with Gasteiger partial charge >= 0.3 is 0 Å². The van der Waals surface area contributed by atoms with Crippen LogP contribution < -0.4 is 10.2 Å². The summed E-state index contributed by atoms with van der Waals surface area (Å²) in [6.45, 7) is 0.282. The Labute approximate surface area is 188 Å². The summed E-state index contributed by atoms with van der Waals surface area (Å²) in [6.07, 6.45) is 1.40. The van der Waals surface area contributed by atoms with E-state index in [0.29, 0.717) is 37.0 Å². The van der Waals surface area contributed by atoms with Gasteiger partial charge in [0.05, 0.1) is 16.3 Å². The molecule has 0 aliphatic heterocycles. The first-order chi connectivity index (χ1) is 13.9. The van der Waals surface area contributed by atoms with E-state index >= 15 is 0 Å². The fourth-order valence-electron chi connectivity index (χ4n) is 2.36. The number of hydrogen-bond donors (Lipinski definition) is 1. The first-order valence-corrected chi connectivity index (χ1v) is 9.89. The molecule has 0 unspecified atom stereocenters. The number of carbonyl (C=O) groups excluding carboxylic acids is 1. The molecule has 3 aromatic rings. The number of halogens is 4. The van der Waals surface area contributed by atoms with Gasteiger partial charge in [0.1, 0.15) is 12.4 Å². The molecule has 0 aliphatic carbocycles. The van der Waals surface area contributed by atoms with Gasteiger partial charge in [0.15, 0.2) is 0 Å². The van der Waals surface area contributed by atoms with E-state index in [0.717, 1.165) is 5.56 Å². The molecule has 0 heterocycles. The smallest absolute Gasteiger partial charge is 0.271 e. The van der Waals surface area contributed by atoms with Gasteiger partial charge in [-0.1, -0.05) is 58.5 Å². The maximum atomic E-state index is 12.2. The maximum absolute atomic E-state index is 12.2. The molecule has 0 fully saturated rings. The Morgan fingerprint density at radius 3 is 2.28 bits per heavy atom. The van der Waals surface area contributed by atoms with Crippen LogP contribution >= 0.6 is 46.4 Å². The number of rotatable bonds is 6. The third-order valence-corrected chi connectivity index (χ3v) is 5.13. The number of hydrazone groups is 1. The van der Waals surface area contributed by atoms with Crippen LogP contribution in [0.15, 0.2) is 65.8 Å². The molecule has 4 nitrogen and oxygen atoms in total. The van der Waals surface area contributed by atoms with Gasteiger partial charge in [0, 0.05) is 26.7 Å². The number of carbonyl (C=O) groups is 1. The van der Waals surface area contributed by atoms with Crippen molar-refractivity contribution >= 4 is 58.5 Å². The summed E-state index contributed by atoms with van der Waals surface area (Å²) in [5.41, 5.74) is 4.19. The third kappa shape index (κ3) is 5.87. The number of nitrogens with one attached hydrogen (secondary N) is 1. The molecule has 0 saturated carbocycles. The number of hydrogen-bond acceptors (Lipinski definition) is 3. The fraction of sp³-hybridized carbons (Fsp3) is 0.0476. The molecule has 0 atom stereocenters. The van der Waals surface area contributed by atoms with Crippen LogP contribution in [0.5, 0.6) is 5.75 Å². The Morgan fingerprint density at radius 2 is 1.62 bits per heavy atom. The molecule has 29 heavy (non-hydrogen) atoms. The van der Waals surface area contributed by atoms with Crippen LogP contribution in [-0.4, -0.2) is 12.1 Å². The van der Waals surface area contributed by atoms with E-state index in [4.69, 9.17) is 51.1 Å². The number of amides is 1. The van der Waals surface area contributed by atoms with E-state index in [-0.39, 0.29) is 12.5 Å². The van der Waals surface area contributed by atoms with E-state index in [9.17, 15) is 4.79 Å². The second kappa shape index (κ2) is 9.99. The summed E-state index contributed by atoms with van der Waals surface area (Å²) >= 11 is 24.1. The van der Waals surface area contributed by atoms with E-state index in [1.54, 1.807) is 60.7 Å². The molecular weight excluding hydrogens is 454 g/mol. The minimum Gasteiger partial charge on any atom is -0.489 e. The van der Waals surface area contributed by atoms with Crippen molar-refractivity contribution in [1.82, 2.24) is 5.43 Å². The van der Waals surface area contributed by atoms with Crippen molar-refractivity contribution in [2.75, 3.05) is 0 Å². The Morgan fingerprint density at radius 1 is 0.931 bits per heavy atom. The zero-order chi connectivity index (χ0) is 20.8. The van der Waals surface area contributed by atoms with Crippen molar-refractivity contribution in [3.63, 3.8) is 0 Å². The van der Waals surface area contributed by atoms with E-state index in [2.05, 4.69) is 10.5 Å². The molecule has 8 heteroatoms. The predicted molar refractivity (Wildman–Crippen MR) is 119 cm³/mol. The largest absolute Gasteiger partial charge is 0.489 e. The lowest BCUT2D eigenvalue weighted by molar-refractivity contribution is 0.0955.